The van der Waals surface area contributed by atoms with Crippen molar-refractivity contribution in [1.82, 2.24) is 0 Å². The molecule has 0 saturated carbocycles. The molecule has 0 saturated heterocycles. The van der Waals surface area contributed by atoms with E-state index < -0.39 is 12.1 Å². The van der Waals surface area contributed by atoms with E-state index >= 15 is 0 Å². The van der Waals surface area contributed by atoms with Gasteiger partial charge in [0.15, 0.2) is 6.10 Å². The normalized spacial score (nSPS) is 12.2. The van der Waals surface area contributed by atoms with Gasteiger partial charge in [0, 0.05) is 16.9 Å². The smallest absolute Gasteiger partial charge is 0.337 e. The molecule has 1 atom stereocenters. The van der Waals surface area contributed by atoms with Crippen molar-refractivity contribution in [2.75, 3.05) is 0 Å². The second kappa shape index (κ2) is 5.14. The summed E-state index contributed by atoms with van der Waals surface area (Å²) in [5.74, 6) is -1.45. The Labute approximate surface area is 98.3 Å². The highest BCUT2D eigenvalue weighted by Crippen LogP contribution is 2.26. The molecule has 4 nitrogen and oxygen atoms in total. The molecule has 1 rings (SSSR count). The van der Waals surface area contributed by atoms with Crippen molar-refractivity contribution in [1.29, 1.82) is 0 Å². The van der Waals surface area contributed by atoms with Crippen LogP contribution in [0.3, 0.4) is 0 Å². The monoisotopic (exact) mass is 240 g/mol. The number of Topliss-reactive ketones (excluding diaryl/α,β-unsaturated/α-hetero) is 1. The molecular formula is C11H12O4S. The zero-order valence-corrected chi connectivity index (χ0v) is 9.57. The van der Waals surface area contributed by atoms with Crippen LogP contribution in [0.5, 0.6) is 0 Å². The Morgan fingerprint density at radius 3 is 2.56 bits per heavy atom. The molecule has 0 aliphatic heterocycles. The van der Waals surface area contributed by atoms with Crippen LogP contribution in [-0.2, 0) is 16.0 Å². The zero-order valence-electron chi connectivity index (χ0n) is 8.67. The van der Waals surface area contributed by atoms with Crippen molar-refractivity contribution in [3.05, 3.63) is 29.3 Å². The van der Waals surface area contributed by atoms with Gasteiger partial charge in [-0.15, -0.1) is 12.6 Å². The fourth-order valence-corrected chi connectivity index (χ4v) is 1.81. The van der Waals surface area contributed by atoms with Gasteiger partial charge in [-0.3, -0.25) is 4.79 Å². The molecule has 0 bridgehead atoms. The number of carboxylic acids is 1. The second-order valence-corrected chi connectivity index (χ2v) is 3.95. The van der Waals surface area contributed by atoms with Crippen LogP contribution in [0.2, 0.25) is 0 Å². The number of aliphatic hydroxyl groups is 1. The summed E-state index contributed by atoms with van der Waals surface area (Å²) in [6, 6.07) is 4.86. The minimum atomic E-state index is -1.65. The van der Waals surface area contributed by atoms with Crippen LogP contribution in [0, 0.1) is 0 Å². The molecule has 0 aliphatic rings. The first kappa shape index (κ1) is 12.7. The first-order valence-corrected chi connectivity index (χ1v) is 5.09. The molecule has 16 heavy (non-hydrogen) atoms. The SMILES string of the molecule is CC(=O)Cc1cccc(S)c1C(O)C(=O)O. The maximum Gasteiger partial charge on any atom is 0.337 e. The van der Waals surface area contributed by atoms with E-state index in [4.69, 9.17) is 5.11 Å². The molecule has 0 heterocycles. The third kappa shape index (κ3) is 2.84. The average molecular weight is 240 g/mol. The first-order valence-electron chi connectivity index (χ1n) is 4.64. The summed E-state index contributed by atoms with van der Waals surface area (Å²) in [5.41, 5.74) is 0.684. The Morgan fingerprint density at radius 2 is 2.06 bits per heavy atom. The van der Waals surface area contributed by atoms with Crippen LogP contribution in [0.15, 0.2) is 23.1 Å². The van der Waals surface area contributed by atoms with Crippen LogP contribution in [0.4, 0.5) is 0 Å². The third-order valence-electron chi connectivity index (χ3n) is 2.12. The minimum Gasteiger partial charge on any atom is -0.479 e. The van der Waals surface area contributed by atoms with Gasteiger partial charge in [-0.2, -0.15) is 0 Å². The maximum absolute atomic E-state index is 11.0. The lowest BCUT2D eigenvalue weighted by Gasteiger charge is -2.13. The van der Waals surface area contributed by atoms with Crippen LogP contribution >= 0.6 is 12.6 Å². The van der Waals surface area contributed by atoms with Crippen LogP contribution in [0.25, 0.3) is 0 Å². The number of hydrogen-bond donors (Lipinski definition) is 3. The number of carboxylic acid groups (broad SMARTS) is 1. The number of carbonyl (C=O) groups excluding carboxylic acids is 1. The highest BCUT2D eigenvalue weighted by atomic mass is 32.1. The summed E-state index contributed by atoms with van der Waals surface area (Å²) < 4.78 is 0. The Hall–Kier alpha value is -1.33. The van der Waals surface area contributed by atoms with E-state index in [0.29, 0.717) is 10.5 Å². The van der Waals surface area contributed by atoms with Crippen LogP contribution in [0.1, 0.15) is 24.2 Å². The average Bonchev–Trinajstić information content (AvgIpc) is 2.16. The number of thiol groups is 1. The number of benzene rings is 1. The van der Waals surface area contributed by atoms with Gasteiger partial charge in [-0.25, -0.2) is 4.79 Å². The molecule has 0 fully saturated rings. The fraction of sp³-hybridized carbons (Fsp3) is 0.273. The van der Waals surface area contributed by atoms with Gasteiger partial charge in [0.1, 0.15) is 5.78 Å². The highest BCUT2D eigenvalue weighted by molar-refractivity contribution is 7.80. The predicted molar refractivity (Wildman–Crippen MR) is 60.7 cm³/mol. The topological polar surface area (TPSA) is 74.6 Å². The number of hydrogen-bond acceptors (Lipinski definition) is 4. The number of rotatable bonds is 4. The Morgan fingerprint density at radius 1 is 1.44 bits per heavy atom. The molecule has 0 spiro atoms. The van der Waals surface area contributed by atoms with E-state index in [9.17, 15) is 14.7 Å². The zero-order chi connectivity index (χ0) is 12.3. The van der Waals surface area contributed by atoms with Gasteiger partial charge in [0.05, 0.1) is 0 Å². The lowest BCUT2D eigenvalue weighted by atomic mass is 9.98. The largest absolute Gasteiger partial charge is 0.479 e. The summed E-state index contributed by atoms with van der Waals surface area (Å²) >= 11 is 4.09. The quantitative estimate of drug-likeness (QED) is 0.692. The number of aliphatic hydroxyl groups excluding tert-OH is 1. The van der Waals surface area contributed by atoms with Gasteiger partial charge < -0.3 is 10.2 Å². The minimum absolute atomic E-state index is 0.0913. The first-order chi connectivity index (χ1) is 7.43. The van der Waals surface area contributed by atoms with Gasteiger partial charge >= 0.3 is 5.97 Å². The molecule has 0 amide bonds. The van der Waals surface area contributed by atoms with E-state index in [1.54, 1.807) is 18.2 Å². The Balaban J connectivity index is 3.22. The van der Waals surface area contributed by atoms with Crippen molar-refractivity contribution in [2.24, 2.45) is 0 Å². The summed E-state index contributed by atoms with van der Waals surface area (Å²) in [4.78, 5) is 22.1. The fourth-order valence-electron chi connectivity index (χ4n) is 1.46. The number of ketones is 1. The molecule has 2 N–H and O–H groups in total. The lowest BCUT2D eigenvalue weighted by molar-refractivity contribution is -0.147. The van der Waals surface area contributed by atoms with Crippen molar-refractivity contribution in [3.8, 4) is 0 Å². The summed E-state index contributed by atoms with van der Waals surface area (Å²) in [6.45, 7) is 1.40. The van der Waals surface area contributed by atoms with Crippen molar-refractivity contribution in [3.63, 3.8) is 0 Å². The molecule has 1 aromatic rings. The standard InChI is InChI=1S/C11H12O4S/c1-6(12)5-7-3-2-4-8(16)9(7)10(13)11(14)15/h2-4,10,13,16H,5H2,1H3,(H,14,15). The summed E-state index contributed by atoms with van der Waals surface area (Å²) in [5, 5.41) is 18.3. The molecule has 1 aromatic carbocycles. The highest BCUT2D eigenvalue weighted by Gasteiger charge is 2.22. The summed E-state index contributed by atoms with van der Waals surface area (Å²) in [7, 11) is 0. The van der Waals surface area contributed by atoms with E-state index in [1.807, 2.05) is 0 Å². The third-order valence-corrected chi connectivity index (χ3v) is 2.51. The second-order valence-electron chi connectivity index (χ2n) is 3.47. The molecule has 0 aromatic heterocycles. The Kier molecular flexibility index (Phi) is 4.09. The van der Waals surface area contributed by atoms with Crippen LogP contribution < -0.4 is 0 Å². The summed E-state index contributed by atoms with van der Waals surface area (Å²) in [6.07, 6.45) is -1.56. The molecule has 86 valence electrons. The van der Waals surface area contributed by atoms with E-state index in [2.05, 4.69) is 12.6 Å². The Bertz CT molecular complexity index is 428. The lowest BCUT2D eigenvalue weighted by Crippen LogP contribution is -2.14. The van der Waals surface area contributed by atoms with Crippen molar-refractivity contribution < 1.29 is 19.8 Å². The molecular weight excluding hydrogens is 228 g/mol. The van der Waals surface area contributed by atoms with Gasteiger partial charge in [0.25, 0.3) is 0 Å². The van der Waals surface area contributed by atoms with E-state index in [0.717, 1.165) is 0 Å². The molecule has 0 aliphatic carbocycles. The molecule has 5 heteroatoms. The van der Waals surface area contributed by atoms with Crippen molar-refractivity contribution in [2.45, 2.75) is 24.3 Å². The maximum atomic E-state index is 11.0. The van der Waals surface area contributed by atoms with Gasteiger partial charge in [-0.05, 0) is 18.6 Å². The van der Waals surface area contributed by atoms with Crippen molar-refractivity contribution >= 4 is 24.4 Å². The predicted octanol–water partition coefficient (Wildman–Crippen LogP) is 1.22. The molecule has 0 radical (unpaired) electrons. The molecule has 1 unspecified atom stereocenters. The van der Waals surface area contributed by atoms with Crippen LogP contribution in [-0.4, -0.2) is 22.0 Å². The van der Waals surface area contributed by atoms with E-state index in [-0.39, 0.29) is 17.8 Å². The van der Waals surface area contributed by atoms with Gasteiger partial charge in [-0.1, -0.05) is 12.1 Å². The number of aliphatic carboxylic acids is 1. The number of carbonyl (C=O) groups is 2. The van der Waals surface area contributed by atoms with E-state index in [1.165, 1.54) is 6.92 Å². The van der Waals surface area contributed by atoms with Gasteiger partial charge in [0.2, 0.25) is 0 Å².